The molecule has 42 heavy (non-hydrogen) atoms. The Kier molecular flexibility index (Phi) is 10.4. The highest BCUT2D eigenvalue weighted by molar-refractivity contribution is 9.10. The third kappa shape index (κ3) is 8.06. The first-order valence-corrected chi connectivity index (χ1v) is 15.4. The van der Waals surface area contributed by atoms with Gasteiger partial charge in [-0.2, -0.15) is 5.10 Å². The zero-order valence-electron chi connectivity index (χ0n) is 24.0. The summed E-state index contributed by atoms with van der Waals surface area (Å²) in [5.74, 6) is -0.0199. The van der Waals surface area contributed by atoms with E-state index in [2.05, 4.69) is 41.6 Å². The van der Waals surface area contributed by atoms with Crippen molar-refractivity contribution in [2.75, 3.05) is 38.6 Å². The third-order valence-corrected chi connectivity index (χ3v) is 8.53. The van der Waals surface area contributed by atoms with Crippen molar-refractivity contribution >= 4 is 39.6 Å². The number of hydrogen-bond acceptors (Lipinski definition) is 6. The fraction of sp³-hybridized carbons (Fsp3) is 0.364. The molecule has 0 spiro atoms. The molecular weight excluding hydrogens is 594 g/mol. The van der Waals surface area contributed by atoms with Crippen molar-refractivity contribution in [3.63, 3.8) is 0 Å². The number of hydrogen-bond donors (Lipinski definition) is 2. The largest absolute Gasteiger partial charge is 0.497 e. The summed E-state index contributed by atoms with van der Waals surface area (Å²) in [4.78, 5) is 31.3. The quantitative estimate of drug-likeness (QED) is 0.226. The average molecular weight is 633 g/mol. The Morgan fingerprint density at radius 1 is 0.952 bits per heavy atom. The number of nitrogens with zero attached hydrogens (tertiary/aromatic N) is 3. The van der Waals surface area contributed by atoms with Crippen molar-refractivity contribution < 1.29 is 14.3 Å². The number of benzene rings is 3. The summed E-state index contributed by atoms with van der Waals surface area (Å²) < 4.78 is 5.93. The van der Waals surface area contributed by atoms with Gasteiger partial charge in [0.25, 0.3) is 11.8 Å². The molecule has 3 aromatic carbocycles. The van der Waals surface area contributed by atoms with E-state index < -0.39 is 5.91 Å². The molecule has 0 atom stereocenters. The number of rotatable bonds is 9. The number of methoxy groups -OCH3 is 1. The average Bonchev–Trinajstić information content (AvgIpc) is 3.03. The first kappa shape index (κ1) is 29.9. The predicted molar refractivity (Wildman–Crippen MR) is 170 cm³/mol. The molecule has 2 N–H and O–H groups in total. The number of carbonyl (C=O) groups is 2. The number of nitrogens with one attached hydrogen (secondary N) is 2. The Bertz CT molecular complexity index is 1400. The normalized spacial score (nSPS) is 16.8. The number of ether oxygens (including phenoxy) is 1. The molecule has 0 radical (unpaired) electrons. The molecular formula is C33H38BrN5O3. The van der Waals surface area contributed by atoms with E-state index in [1.54, 1.807) is 25.3 Å². The first-order valence-electron chi connectivity index (χ1n) is 14.6. The maximum Gasteiger partial charge on any atom is 0.273 e. The van der Waals surface area contributed by atoms with Gasteiger partial charge in [-0.05, 0) is 105 Å². The lowest BCUT2D eigenvalue weighted by Gasteiger charge is -2.40. The van der Waals surface area contributed by atoms with E-state index in [1.807, 2.05) is 48.5 Å². The van der Waals surface area contributed by atoms with Gasteiger partial charge in [-0.15, -0.1) is 0 Å². The fourth-order valence-corrected chi connectivity index (χ4v) is 6.06. The zero-order valence-corrected chi connectivity index (χ0v) is 25.6. The van der Waals surface area contributed by atoms with E-state index >= 15 is 0 Å². The van der Waals surface area contributed by atoms with Gasteiger partial charge < -0.3 is 15.0 Å². The molecule has 2 amide bonds. The topological polar surface area (TPSA) is 86.3 Å². The Morgan fingerprint density at radius 2 is 1.71 bits per heavy atom. The maximum atomic E-state index is 13.1. The minimum absolute atomic E-state index is 0.278. The summed E-state index contributed by atoms with van der Waals surface area (Å²) in [5, 5.41) is 6.96. The highest BCUT2D eigenvalue weighted by atomic mass is 79.9. The number of anilines is 1. The lowest BCUT2D eigenvalue weighted by molar-refractivity contribution is 0.0896. The summed E-state index contributed by atoms with van der Waals surface area (Å²) in [6.45, 7) is 5.64. The molecule has 0 aromatic heterocycles. The molecule has 2 fully saturated rings. The van der Waals surface area contributed by atoms with Crippen LogP contribution in [0.4, 0.5) is 5.69 Å². The second kappa shape index (κ2) is 14.6. The van der Waals surface area contributed by atoms with E-state index in [4.69, 9.17) is 4.74 Å². The van der Waals surface area contributed by atoms with E-state index in [-0.39, 0.29) is 5.91 Å². The van der Waals surface area contributed by atoms with E-state index in [0.29, 0.717) is 27.0 Å². The van der Waals surface area contributed by atoms with Crippen LogP contribution in [0.1, 0.15) is 63.9 Å². The molecule has 2 heterocycles. The van der Waals surface area contributed by atoms with Crippen LogP contribution < -0.4 is 15.5 Å². The number of hydrazone groups is 1. The summed E-state index contributed by atoms with van der Waals surface area (Å²) in [5.41, 5.74) is 5.75. The molecule has 5 rings (SSSR count). The van der Waals surface area contributed by atoms with Crippen molar-refractivity contribution in [2.45, 2.75) is 44.7 Å². The summed E-state index contributed by atoms with van der Waals surface area (Å²) in [7, 11) is 1.59. The van der Waals surface area contributed by atoms with Gasteiger partial charge in [0.15, 0.2) is 0 Å². The van der Waals surface area contributed by atoms with Crippen molar-refractivity contribution in [1.82, 2.24) is 15.2 Å². The molecule has 9 heteroatoms. The van der Waals surface area contributed by atoms with Gasteiger partial charge in [-0.25, -0.2) is 5.43 Å². The number of piperidine rings is 2. The van der Waals surface area contributed by atoms with Crippen LogP contribution in [-0.2, 0) is 6.54 Å². The van der Waals surface area contributed by atoms with Crippen LogP contribution in [0.2, 0.25) is 0 Å². The summed E-state index contributed by atoms with van der Waals surface area (Å²) in [6.07, 6.45) is 8.07. The Labute approximate surface area is 256 Å². The molecule has 8 nitrogen and oxygen atoms in total. The van der Waals surface area contributed by atoms with Gasteiger partial charge in [0.1, 0.15) is 5.75 Å². The summed E-state index contributed by atoms with van der Waals surface area (Å²) >= 11 is 3.42. The molecule has 2 aliphatic rings. The predicted octanol–water partition coefficient (Wildman–Crippen LogP) is 5.92. The molecule has 3 aromatic rings. The molecule has 2 aliphatic heterocycles. The zero-order chi connectivity index (χ0) is 29.3. The van der Waals surface area contributed by atoms with Crippen molar-refractivity contribution in [1.29, 1.82) is 0 Å². The number of carbonyl (C=O) groups excluding carboxylic acids is 2. The van der Waals surface area contributed by atoms with Gasteiger partial charge in [-0.3, -0.25) is 14.5 Å². The van der Waals surface area contributed by atoms with Gasteiger partial charge in [0, 0.05) is 22.6 Å². The Hall–Kier alpha value is -3.53. The van der Waals surface area contributed by atoms with Gasteiger partial charge in [-0.1, -0.05) is 46.6 Å². The lowest BCUT2D eigenvalue weighted by Crippen LogP contribution is -2.46. The van der Waals surface area contributed by atoms with Crippen molar-refractivity contribution in [3.05, 3.63) is 93.5 Å². The number of halogens is 1. The minimum atomic E-state index is -0.440. The SMILES string of the molecule is COc1cccc(C=NNC(=O)c2cc(Br)ccc2NC(=O)c2ccc(CN3CCC(N4CCCCC4)CC3)cc2)c1. The van der Waals surface area contributed by atoms with E-state index in [1.165, 1.54) is 57.0 Å². The molecule has 220 valence electrons. The molecule has 0 aliphatic carbocycles. The maximum absolute atomic E-state index is 13.1. The van der Waals surface area contributed by atoms with Crippen LogP contribution in [0.15, 0.2) is 76.3 Å². The van der Waals surface area contributed by atoms with Crippen LogP contribution in [0.3, 0.4) is 0 Å². The first-order chi connectivity index (χ1) is 20.5. The van der Waals surface area contributed by atoms with Crippen LogP contribution in [0, 0.1) is 0 Å². The second-order valence-corrected chi connectivity index (χ2v) is 11.8. The fourth-order valence-electron chi connectivity index (χ4n) is 5.70. The van der Waals surface area contributed by atoms with Crippen LogP contribution >= 0.6 is 15.9 Å². The van der Waals surface area contributed by atoms with Gasteiger partial charge in [0.05, 0.1) is 24.6 Å². The highest BCUT2D eigenvalue weighted by Crippen LogP contribution is 2.24. The summed E-state index contributed by atoms with van der Waals surface area (Å²) in [6, 6.07) is 21.0. The number of amides is 2. The molecule has 2 saturated heterocycles. The van der Waals surface area contributed by atoms with E-state index in [9.17, 15) is 9.59 Å². The van der Waals surface area contributed by atoms with Crippen LogP contribution in [-0.4, -0.2) is 67.2 Å². The van der Waals surface area contributed by atoms with Crippen LogP contribution in [0.25, 0.3) is 0 Å². The van der Waals surface area contributed by atoms with E-state index in [0.717, 1.165) is 31.2 Å². The lowest BCUT2D eigenvalue weighted by atomic mass is 9.99. The standard InChI is InChI=1S/C33H38BrN5O3/c1-42-29-7-5-6-25(20-29)22-35-37-33(41)30-21-27(34)12-13-31(30)36-32(40)26-10-8-24(9-11-26)23-38-18-14-28(15-19-38)39-16-3-2-4-17-39/h5-13,20-22,28H,2-4,14-19,23H2,1H3,(H,36,40)(H,37,41). The van der Waals surface area contributed by atoms with Gasteiger partial charge >= 0.3 is 0 Å². The molecule has 0 saturated carbocycles. The monoisotopic (exact) mass is 631 g/mol. The van der Waals surface area contributed by atoms with Crippen molar-refractivity contribution in [3.8, 4) is 5.75 Å². The smallest absolute Gasteiger partial charge is 0.273 e. The second-order valence-electron chi connectivity index (χ2n) is 10.9. The Morgan fingerprint density at radius 3 is 2.45 bits per heavy atom. The highest BCUT2D eigenvalue weighted by Gasteiger charge is 2.25. The molecule has 0 unspecified atom stereocenters. The Balaban J connectivity index is 1.15. The minimum Gasteiger partial charge on any atom is -0.497 e. The van der Waals surface area contributed by atoms with Crippen LogP contribution in [0.5, 0.6) is 5.75 Å². The molecule has 0 bridgehead atoms. The van der Waals surface area contributed by atoms with Crippen molar-refractivity contribution in [2.24, 2.45) is 5.10 Å². The van der Waals surface area contributed by atoms with Gasteiger partial charge in [0.2, 0.25) is 0 Å². The third-order valence-electron chi connectivity index (χ3n) is 8.03. The number of likely N-dealkylation sites (tertiary alicyclic amines) is 2.